The van der Waals surface area contributed by atoms with Crippen molar-refractivity contribution in [2.45, 2.75) is 10.6 Å². The van der Waals surface area contributed by atoms with E-state index in [1.165, 1.54) is 24.9 Å². The lowest BCUT2D eigenvalue weighted by Gasteiger charge is -2.03. The van der Waals surface area contributed by atoms with Gasteiger partial charge in [-0.15, -0.1) is 11.8 Å². The van der Waals surface area contributed by atoms with Crippen molar-refractivity contribution in [2.24, 2.45) is 0 Å². The molecule has 0 radical (unpaired) electrons. The van der Waals surface area contributed by atoms with Crippen molar-refractivity contribution in [3.63, 3.8) is 0 Å². The highest BCUT2D eigenvalue weighted by atomic mass is 32.2. The Labute approximate surface area is 119 Å². The van der Waals surface area contributed by atoms with E-state index in [1.807, 2.05) is 0 Å². The number of benzene rings is 1. The molecular formula is C14H12O5S. The van der Waals surface area contributed by atoms with Crippen LogP contribution < -0.4 is 0 Å². The number of carboxylic acids is 1. The van der Waals surface area contributed by atoms with E-state index >= 15 is 0 Å². The van der Waals surface area contributed by atoms with Gasteiger partial charge in [-0.3, -0.25) is 0 Å². The van der Waals surface area contributed by atoms with Gasteiger partial charge < -0.3 is 14.3 Å². The third-order valence-corrected chi connectivity index (χ3v) is 3.63. The van der Waals surface area contributed by atoms with E-state index in [1.54, 1.807) is 30.3 Å². The fourth-order valence-electron chi connectivity index (χ4n) is 1.58. The maximum Gasteiger partial charge on any atom is 0.373 e. The molecule has 0 fully saturated rings. The molecule has 1 aromatic carbocycles. The first-order valence-electron chi connectivity index (χ1n) is 5.74. The molecular weight excluding hydrogens is 280 g/mol. The number of rotatable bonds is 5. The first-order valence-corrected chi connectivity index (χ1v) is 6.72. The van der Waals surface area contributed by atoms with Gasteiger partial charge in [0.25, 0.3) is 0 Å². The highest BCUT2D eigenvalue weighted by molar-refractivity contribution is 7.98. The molecule has 20 heavy (non-hydrogen) atoms. The van der Waals surface area contributed by atoms with E-state index < -0.39 is 11.9 Å². The van der Waals surface area contributed by atoms with E-state index in [2.05, 4.69) is 4.74 Å². The lowest BCUT2D eigenvalue weighted by molar-refractivity contribution is 0.0563. The SMILES string of the molecule is COC(=O)c1ccc(CSc2ccccc2C(=O)O)o1. The van der Waals surface area contributed by atoms with Crippen molar-refractivity contribution in [3.8, 4) is 0 Å². The van der Waals surface area contributed by atoms with Crippen molar-refractivity contribution in [1.29, 1.82) is 0 Å². The average Bonchev–Trinajstić information content (AvgIpc) is 2.93. The van der Waals surface area contributed by atoms with Crippen LogP contribution in [0.4, 0.5) is 0 Å². The molecule has 0 bridgehead atoms. The highest BCUT2D eigenvalue weighted by Crippen LogP contribution is 2.27. The third-order valence-electron chi connectivity index (χ3n) is 2.54. The Morgan fingerprint density at radius 3 is 2.70 bits per heavy atom. The minimum Gasteiger partial charge on any atom is -0.478 e. The molecule has 0 amide bonds. The fraction of sp³-hybridized carbons (Fsp3) is 0.143. The van der Waals surface area contributed by atoms with Gasteiger partial charge in [0, 0.05) is 4.90 Å². The second kappa shape index (κ2) is 6.29. The largest absolute Gasteiger partial charge is 0.478 e. The van der Waals surface area contributed by atoms with Gasteiger partial charge in [-0.1, -0.05) is 12.1 Å². The number of carboxylic acid groups (broad SMARTS) is 1. The first-order chi connectivity index (χ1) is 9.61. The van der Waals surface area contributed by atoms with Crippen LogP contribution in [0.15, 0.2) is 45.7 Å². The van der Waals surface area contributed by atoms with Gasteiger partial charge in [-0.25, -0.2) is 9.59 Å². The number of hydrogen-bond donors (Lipinski definition) is 1. The molecule has 0 aliphatic carbocycles. The van der Waals surface area contributed by atoms with Gasteiger partial charge >= 0.3 is 11.9 Å². The Morgan fingerprint density at radius 1 is 1.25 bits per heavy atom. The van der Waals surface area contributed by atoms with Crippen LogP contribution >= 0.6 is 11.8 Å². The first kappa shape index (κ1) is 14.2. The summed E-state index contributed by atoms with van der Waals surface area (Å²) in [5, 5.41) is 9.07. The lowest BCUT2D eigenvalue weighted by atomic mass is 10.2. The summed E-state index contributed by atoms with van der Waals surface area (Å²) in [5.74, 6) is -0.360. The maximum absolute atomic E-state index is 11.2. The van der Waals surface area contributed by atoms with E-state index in [4.69, 9.17) is 9.52 Å². The van der Waals surface area contributed by atoms with E-state index in [0.717, 1.165) is 0 Å². The second-order valence-electron chi connectivity index (χ2n) is 3.85. The average molecular weight is 292 g/mol. The molecule has 2 rings (SSSR count). The summed E-state index contributed by atoms with van der Waals surface area (Å²) in [4.78, 5) is 23.0. The second-order valence-corrected chi connectivity index (χ2v) is 4.86. The number of ether oxygens (including phenoxy) is 1. The number of esters is 1. The Morgan fingerprint density at radius 2 is 2.00 bits per heavy atom. The fourth-order valence-corrected chi connectivity index (χ4v) is 2.52. The normalized spacial score (nSPS) is 10.2. The predicted molar refractivity (Wildman–Crippen MR) is 73.0 cm³/mol. The molecule has 1 heterocycles. The Kier molecular flexibility index (Phi) is 4.47. The van der Waals surface area contributed by atoms with E-state index in [-0.39, 0.29) is 11.3 Å². The molecule has 0 spiro atoms. The summed E-state index contributed by atoms with van der Waals surface area (Å²) in [5.41, 5.74) is 0.247. The zero-order valence-electron chi connectivity index (χ0n) is 10.7. The van der Waals surface area contributed by atoms with Crippen molar-refractivity contribution in [2.75, 3.05) is 7.11 Å². The zero-order chi connectivity index (χ0) is 14.5. The summed E-state index contributed by atoms with van der Waals surface area (Å²) in [7, 11) is 1.28. The Hall–Kier alpha value is -2.21. The number of furan rings is 1. The molecule has 0 aliphatic heterocycles. The van der Waals surface area contributed by atoms with Gasteiger partial charge in [0.15, 0.2) is 0 Å². The zero-order valence-corrected chi connectivity index (χ0v) is 11.5. The van der Waals surface area contributed by atoms with Crippen molar-refractivity contribution in [1.82, 2.24) is 0 Å². The van der Waals surface area contributed by atoms with Crippen LogP contribution in [0.5, 0.6) is 0 Å². The van der Waals surface area contributed by atoms with Crippen LogP contribution in [0, 0.1) is 0 Å². The summed E-state index contributed by atoms with van der Waals surface area (Å²) >= 11 is 1.33. The smallest absolute Gasteiger partial charge is 0.373 e. The predicted octanol–water partition coefficient (Wildman–Crippen LogP) is 3.06. The van der Waals surface area contributed by atoms with Crippen LogP contribution in [0.3, 0.4) is 0 Å². The number of methoxy groups -OCH3 is 1. The van der Waals surface area contributed by atoms with E-state index in [0.29, 0.717) is 16.4 Å². The Balaban J connectivity index is 2.07. The quantitative estimate of drug-likeness (QED) is 0.674. The molecule has 104 valence electrons. The molecule has 2 aromatic rings. The molecule has 0 saturated heterocycles. The molecule has 6 heteroatoms. The van der Waals surface area contributed by atoms with Gasteiger partial charge in [-0.2, -0.15) is 0 Å². The topological polar surface area (TPSA) is 76.7 Å². The molecule has 0 aliphatic rings. The van der Waals surface area contributed by atoms with E-state index in [9.17, 15) is 9.59 Å². The molecule has 0 unspecified atom stereocenters. The summed E-state index contributed by atoms with van der Waals surface area (Å²) < 4.78 is 9.86. The van der Waals surface area contributed by atoms with Crippen LogP contribution in [0.25, 0.3) is 0 Å². The van der Waals surface area contributed by atoms with Crippen molar-refractivity contribution < 1.29 is 23.8 Å². The lowest BCUT2D eigenvalue weighted by Crippen LogP contribution is -1.98. The standard InChI is InChI=1S/C14H12O5S/c1-18-14(17)11-7-6-9(19-11)8-20-12-5-3-2-4-10(12)13(15)16/h2-7H,8H2,1H3,(H,15,16). The van der Waals surface area contributed by atoms with Crippen molar-refractivity contribution in [3.05, 3.63) is 53.5 Å². The third kappa shape index (κ3) is 3.21. The number of hydrogen-bond acceptors (Lipinski definition) is 5. The van der Waals surface area contributed by atoms with Crippen LogP contribution in [0.2, 0.25) is 0 Å². The molecule has 5 nitrogen and oxygen atoms in total. The molecule has 1 aromatic heterocycles. The number of carbonyl (C=O) groups excluding carboxylic acids is 1. The highest BCUT2D eigenvalue weighted by Gasteiger charge is 2.13. The Bertz CT molecular complexity index is 632. The van der Waals surface area contributed by atoms with Gasteiger partial charge in [0.1, 0.15) is 5.76 Å². The van der Waals surface area contributed by atoms with Gasteiger partial charge in [0.05, 0.1) is 18.4 Å². The van der Waals surface area contributed by atoms with Crippen LogP contribution in [-0.2, 0) is 10.5 Å². The minimum absolute atomic E-state index is 0.134. The summed E-state index contributed by atoms with van der Waals surface area (Å²) in [6.07, 6.45) is 0. The molecule has 0 saturated carbocycles. The van der Waals surface area contributed by atoms with Gasteiger partial charge in [-0.05, 0) is 24.3 Å². The molecule has 1 N–H and O–H groups in total. The number of aromatic carboxylic acids is 1. The summed E-state index contributed by atoms with van der Waals surface area (Å²) in [6, 6.07) is 9.94. The monoisotopic (exact) mass is 292 g/mol. The number of carbonyl (C=O) groups is 2. The summed E-state index contributed by atoms with van der Waals surface area (Å²) in [6.45, 7) is 0. The number of thioether (sulfide) groups is 1. The molecule has 0 atom stereocenters. The minimum atomic E-state index is -0.970. The van der Waals surface area contributed by atoms with Crippen molar-refractivity contribution >= 4 is 23.7 Å². The van der Waals surface area contributed by atoms with Crippen LogP contribution in [0.1, 0.15) is 26.7 Å². The van der Waals surface area contributed by atoms with Crippen LogP contribution in [-0.4, -0.2) is 24.2 Å². The maximum atomic E-state index is 11.2. The van der Waals surface area contributed by atoms with Gasteiger partial charge in [0.2, 0.25) is 5.76 Å².